The van der Waals surface area contributed by atoms with Crippen LogP contribution in [-0.4, -0.2) is 17.5 Å². The van der Waals surface area contributed by atoms with Gasteiger partial charge in [0, 0.05) is 12.3 Å². The molecule has 3 atom stereocenters. The van der Waals surface area contributed by atoms with Gasteiger partial charge < -0.3 is 9.84 Å². The highest BCUT2D eigenvalue weighted by atomic mass is 16.6. The third-order valence-corrected chi connectivity index (χ3v) is 3.89. The molecule has 2 nitrogen and oxygen atoms in total. The highest BCUT2D eigenvalue weighted by Crippen LogP contribution is 2.39. The molecule has 1 heterocycles. The summed E-state index contributed by atoms with van der Waals surface area (Å²) in [7, 11) is 0. The van der Waals surface area contributed by atoms with Crippen LogP contribution < -0.4 is 0 Å². The van der Waals surface area contributed by atoms with Crippen molar-refractivity contribution in [1.29, 1.82) is 0 Å². The molecule has 0 amide bonds. The standard InChI is InChI=1S/C14H18O2/c15-14-9-8-13(16-14)12-7-3-5-10-4-1-2-6-11(10)12/h1-2,4,6,12-15H,3,5,7-9H2/t12-,13?,14?/m1/s1. The maximum Gasteiger partial charge on any atom is 0.155 e. The molecule has 1 fully saturated rings. The molecule has 0 aromatic heterocycles. The summed E-state index contributed by atoms with van der Waals surface area (Å²) in [6.07, 6.45) is 5.15. The first kappa shape index (κ1) is 10.3. The monoisotopic (exact) mass is 218 g/mol. The predicted octanol–water partition coefficient (Wildman–Crippen LogP) is 2.60. The smallest absolute Gasteiger partial charge is 0.155 e. The van der Waals surface area contributed by atoms with Crippen molar-refractivity contribution >= 4 is 0 Å². The molecular formula is C14H18O2. The van der Waals surface area contributed by atoms with Gasteiger partial charge in [0.15, 0.2) is 6.29 Å². The van der Waals surface area contributed by atoms with Crippen LogP contribution in [0.2, 0.25) is 0 Å². The number of hydrogen-bond donors (Lipinski definition) is 1. The van der Waals surface area contributed by atoms with Gasteiger partial charge in [-0.15, -0.1) is 0 Å². The molecule has 1 aromatic carbocycles. The molecule has 2 unspecified atom stereocenters. The van der Waals surface area contributed by atoms with Crippen molar-refractivity contribution in [2.24, 2.45) is 0 Å². The number of aliphatic hydroxyl groups is 1. The molecule has 1 aliphatic heterocycles. The van der Waals surface area contributed by atoms with Gasteiger partial charge in [-0.25, -0.2) is 0 Å². The second-order valence-electron chi connectivity index (χ2n) is 4.90. The zero-order valence-corrected chi connectivity index (χ0v) is 9.43. The molecule has 16 heavy (non-hydrogen) atoms. The van der Waals surface area contributed by atoms with Crippen LogP contribution in [0.25, 0.3) is 0 Å². The first-order valence-corrected chi connectivity index (χ1v) is 6.26. The van der Waals surface area contributed by atoms with E-state index in [1.807, 2.05) is 0 Å². The molecular weight excluding hydrogens is 200 g/mol. The fraction of sp³-hybridized carbons (Fsp3) is 0.571. The molecule has 2 heteroatoms. The molecule has 0 spiro atoms. The fourth-order valence-electron chi connectivity index (χ4n) is 3.12. The molecule has 1 N–H and O–H groups in total. The van der Waals surface area contributed by atoms with Crippen LogP contribution in [0.5, 0.6) is 0 Å². The van der Waals surface area contributed by atoms with Crippen molar-refractivity contribution in [2.45, 2.75) is 50.4 Å². The summed E-state index contributed by atoms with van der Waals surface area (Å²) >= 11 is 0. The summed E-state index contributed by atoms with van der Waals surface area (Å²) in [5, 5.41) is 9.46. The predicted molar refractivity (Wildman–Crippen MR) is 62.2 cm³/mol. The Morgan fingerprint density at radius 1 is 1.12 bits per heavy atom. The maximum atomic E-state index is 9.46. The Morgan fingerprint density at radius 3 is 2.81 bits per heavy atom. The Labute approximate surface area is 96.2 Å². The van der Waals surface area contributed by atoms with Crippen LogP contribution in [0, 0.1) is 0 Å². The second kappa shape index (κ2) is 4.19. The quantitative estimate of drug-likeness (QED) is 0.785. The molecule has 3 rings (SSSR count). The van der Waals surface area contributed by atoms with Gasteiger partial charge in [0.2, 0.25) is 0 Å². The number of aryl methyl sites for hydroxylation is 1. The van der Waals surface area contributed by atoms with Crippen LogP contribution in [-0.2, 0) is 11.2 Å². The van der Waals surface area contributed by atoms with Crippen molar-refractivity contribution in [3.05, 3.63) is 35.4 Å². The van der Waals surface area contributed by atoms with Gasteiger partial charge in [0.05, 0.1) is 6.10 Å². The normalized spacial score (nSPS) is 33.7. The van der Waals surface area contributed by atoms with Gasteiger partial charge in [-0.3, -0.25) is 0 Å². The van der Waals surface area contributed by atoms with E-state index in [0.29, 0.717) is 5.92 Å². The zero-order valence-electron chi connectivity index (χ0n) is 9.43. The third-order valence-electron chi connectivity index (χ3n) is 3.89. The molecule has 2 aliphatic rings. The summed E-state index contributed by atoms with van der Waals surface area (Å²) in [5.41, 5.74) is 2.93. The van der Waals surface area contributed by atoms with Gasteiger partial charge in [-0.1, -0.05) is 24.3 Å². The largest absolute Gasteiger partial charge is 0.368 e. The van der Waals surface area contributed by atoms with Gasteiger partial charge in [0.25, 0.3) is 0 Å². The van der Waals surface area contributed by atoms with E-state index in [0.717, 1.165) is 12.8 Å². The maximum absolute atomic E-state index is 9.46. The van der Waals surface area contributed by atoms with Gasteiger partial charge in [-0.05, 0) is 36.8 Å². The van der Waals surface area contributed by atoms with E-state index in [1.54, 1.807) is 0 Å². The van der Waals surface area contributed by atoms with E-state index < -0.39 is 6.29 Å². The van der Waals surface area contributed by atoms with Crippen molar-refractivity contribution in [1.82, 2.24) is 0 Å². The summed E-state index contributed by atoms with van der Waals surface area (Å²) < 4.78 is 5.61. The van der Waals surface area contributed by atoms with Crippen LogP contribution in [0.4, 0.5) is 0 Å². The number of rotatable bonds is 1. The van der Waals surface area contributed by atoms with Gasteiger partial charge in [-0.2, -0.15) is 0 Å². The Kier molecular flexibility index (Phi) is 2.70. The van der Waals surface area contributed by atoms with Crippen molar-refractivity contribution in [3.63, 3.8) is 0 Å². The molecule has 0 saturated carbocycles. The fourth-order valence-corrected chi connectivity index (χ4v) is 3.12. The van der Waals surface area contributed by atoms with Gasteiger partial charge in [0.1, 0.15) is 0 Å². The number of fused-ring (bicyclic) bond motifs is 1. The Hall–Kier alpha value is -0.860. The minimum atomic E-state index is -0.529. The Morgan fingerprint density at radius 2 is 2.00 bits per heavy atom. The lowest BCUT2D eigenvalue weighted by Gasteiger charge is -2.29. The van der Waals surface area contributed by atoms with E-state index >= 15 is 0 Å². The van der Waals surface area contributed by atoms with Crippen LogP contribution in [0.1, 0.15) is 42.7 Å². The van der Waals surface area contributed by atoms with E-state index in [2.05, 4.69) is 24.3 Å². The van der Waals surface area contributed by atoms with Crippen molar-refractivity contribution in [3.8, 4) is 0 Å². The highest BCUT2D eigenvalue weighted by molar-refractivity contribution is 5.33. The Balaban J connectivity index is 1.87. The topological polar surface area (TPSA) is 29.5 Å². The summed E-state index contributed by atoms with van der Waals surface area (Å²) in [6, 6.07) is 8.69. The van der Waals surface area contributed by atoms with Crippen LogP contribution in [0.15, 0.2) is 24.3 Å². The first-order valence-electron chi connectivity index (χ1n) is 6.26. The number of ether oxygens (including phenoxy) is 1. The van der Waals surface area contributed by atoms with Crippen LogP contribution in [0.3, 0.4) is 0 Å². The van der Waals surface area contributed by atoms with Crippen molar-refractivity contribution < 1.29 is 9.84 Å². The molecule has 86 valence electrons. The zero-order chi connectivity index (χ0) is 11.0. The minimum absolute atomic E-state index is 0.233. The summed E-state index contributed by atoms with van der Waals surface area (Å²) in [6.45, 7) is 0. The average molecular weight is 218 g/mol. The van der Waals surface area contributed by atoms with E-state index in [9.17, 15) is 5.11 Å². The molecule has 1 saturated heterocycles. The number of benzene rings is 1. The van der Waals surface area contributed by atoms with Crippen molar-refractivity contribution in [2.75, 3.05) is 0 Å². The first-order chi connectivity index (χ1) is 7.84. The molecule has 1 aliphatic carbocycles. The lowest BCUT2D eigenvalue weighted by atomic mass is 9.79. The molecule has 0 radical (unpaired) electrons. The average Bonchev–Trinajstić information content (AvgIpc) is 2.75. The SMILES string of the molecule is OC1CCC([C@@H]2CCCc3ccccc32)O1. The van der Waals surface area contributed by atoms with E-state index in [1.165, 1.54) is 30.4 Å². The second-order valence-corrected chi connectivity index (χ2v) is 4.90. The van der Waals surface area contributed by atoms with E-state index in [-0.39, 0.29) is 6.10 Å². The molecule has 1 aromatic rings. The lowest BCUT2D eigenvalue weighted by Crippen LogP contribution is -2.23. The summed E-state index contributed by atoms with van der Waals surface area (Å²) in [4.78, 5) is 0. The van der Waals surface area contributed by atoms with Crippen LogP contribution >= 0.6 is 0 Å². The Bertz CT molecular complexity index is 375. The number of hydrogen-bond acceptors (Lipinski definition) is 2. The number of aliphatic hydroxyl groups excluding tert-OH is 1. The minimum Gasteiger partial charge on any atom is -0.368 e. The highest BCUT2D eigenvalue weighted by Gasteiger charge is 2.33. The van der Waals surface area contributed by atoms with E-state index in [4.69, 9.17) is 4.74 Å². The molecule has 0 bridgehead atoms. The third kappa shape index (κ3) is 1.76. The lowest BCUT2D eigenvalue weighted by molar-refractivity contribution is -0.0975. The summed E-state index contributed by atoms with van der Waals surface area (Å²) in [5.74, 6) is 0.502. The van der Waals surface area contributed by atoms with Gasteiger partial charge >= 0.3 is 0 Å².